The van der Waals surface area contributed by atoms with Gasteiger partial charge in [-0.25, -0.2) is 0 Å². The van der Waals surface area contributed by atoms with Crippen molar-refractivity contribution in [3.05, 3.63) is 24.8 Å². The summed E-state index contributed by atoms with van der Waals surface area (Å²) < 4.78 is 0. The van der Waals surface area contributed by atoms with Gasteiger partial charge in [-0.05, 0) is 0 Å². The van der Waals surface area contributed by atoms with E-state index in [1.807, 2.05) is 0 Å². The van der Waals surface area contributed by atoms with Gasteiger partial charge in [0.25, 0.3) is 0 Å². The Morgan fingerprint density at radius 1 is 0.692 bits per heavy atom. The zero-order valence-electron chi connectivity index (χ0n) is 8.01. The number of nitrogens with zero attached hydrogens (tertiary/aromatic N) is 2. The molecule has 0 amide bonds. The van der Waals surface area contributed by atoms with E-state index < -0.39 is 7.32 Å². The first-order chi connectivity index (χ1) is 4.73. The summed E-state index contributed by atoms with van der Waals surface area (Å²) in [6, 6.07) is 0. The van der Waals surface area contributed by atoms with Crippen LogP contribution in [0.5, 0.6) is 0 Å². The summed E-state index contributed by atoms with van der Waals surface area (Å²) in [6.45, 7) is 0. The van der Waals surface area contributed by atoms with Crippen LogP contribution in [-0.2, 0) is 0 Å². The standard InChI is InChI=1S/C4H4N2.BO3.3Li/c1-2-6-4-3-5-1;2-1(3)4;;;/h1-4H;;;;/q;-3;3*+1. The molecule has 1 aromatic heterocycles. The molecular weight excluding hydrogens is 156 g/mol. The molecule has 0 aliphatic carbocycles. The molecule has 0 aliphatic rings. The number of rotatable bonds is 0. The van der Waals surface area contributed by atoms with Crippen LogP contribution in [0.3, 0.4) is 0 Å². The molecular formula is C4H4BLi3N2O3. The fourth-order valence-corrected chi connectivity index (χ4v) is 0.253. The molecule has 0 aromatic carbocycles. The smallest absolute Gasteiger partial charge is 0.907 e. The zero-order valence-corrected chi connectivity index (χ0v) is 8.01. The Hall–Kier alpha value is 0.817. The van der Waals surface area contributed by atoms with Crippen LogP contribution in [0.2, 0.25) is 0 Å². The van der Waals surface area contributed by atoms with Gasteiger partial charge in [-0.2, -0.15) is 0 Å². The third kappa shape index (κ3) is 32.3. The predicted octanol–water partition coefficient (Wildman–Crippen LogP) is -12.5. The second-order valence-corrected chi connectivity index (χ2v) is 1.18. The third-order valence-corrected chi connectivity index (χ3v) is 0.478. The van der Waals surface area contributed by atoms with Crippen molar-refractivity contribution >= 4 is 7.32 Å². The fraction of sp³-hybridized carbons (Fsp3) is 0. The SMILES string of the molecule is [Li+].[Li+].[Li+].[O-]B([O-])[O-].c1cnccn1. The van der Waals surface area contributed by atoms with Crippen molar-refractivity contribution in [1.29, 1.82) is 0 Å². The maximum absolute atomic E-state index is 8.42. The summed E-state index contributed by atoms with van der Waals surface area (Å²) >= 11 is 0. The van der Waals surface area contributed by atoms with Gasteiger partial charge in [-0.3, -0.25) is 17.3 Å². The maximum atomic E-state index is 8.42. The quantitative estimate of drug-likeness (QED) is 0.351. The summed E-state index contributed by atoms with van der Waals surface area (Å²) in [5, 5.41) is 25.2. The normalized spacial score (nSPS) is 5.77. The van der Waals surface area contributed by atoms with Crippen molar-refractivity contribution in [2.24, 2.45) is 0 Å². The van der Waals surface area contributed by atoms with Gasteiger partial charge < -0.3 is 15.1 Å². The number of hydrogen-bond donors (Lipinski definition) is 0. The van der Waals surface area contributed by atoms with Crippen molar-refractivity contribution in [2.45, 2.75) is 0 Å². The van der Waals surface area contributed by atoms with E-state index in [1.165, 1.54) is 0 Å². The topological polar surface area (TPSA) is 95.0 Å². The molecule has 13 heavy (non-hydrogen) atoms. The van der Waals surface area contributed by atoms with Crippen molar-refractivity contribution in [3.63, 3.8) is 0 Å². The first-order valence-electron chi connectivity index (χ1n) is 2.41. The molecule has 1 aromatic rings. The summed E-state index contributed by atoms with van der Waals surface area (Å²) in [4.78, 5) is 7.44. The molecule has 0 unspecified atom stereocenters. The average Bonchev–Trinajstić information content (AvgIpc) is 1.90. The Morgan fingerprint density at radius 3 is 0.923 bits per heavy atom. The number of aromatic nitrogens is 2. The van der Waals surface area contributed by atoms with E-state index in [1.54, 1.807) is 24.8 Å². The van der Waals surface area contributed by atoms with Crippen LogP contribution < -0.4 is 71.7 Å². The van der Waals surface area contributed by atoms with Crippen LogP contribution in [0.4, 0.5) is 0 Å². The van der Waals surface area contributed by atoms with Gasteiger partial charge in [0.05, 0.1) is 0 Å². The summed E-state index contributed by atoms with van der Waals surface area (Å²) in [6.07, 6.45) is 6.56. The minimum absolute atomic E-state index is 0. The van der Waals surface area contributed by atoms with Gasteiger partial charge in [-0.1, -0.05) is 0 Å². The van der Waals surface area contributed by atoms with Crippen molar-refractivity contribution in [3.8, 4) is 0 Å². The summed E-state index contributed by atoms with van der Waals surface area (Å²) in [7, 11) is -2.92. The molecule has 54 valence electrons. The van der Waals surface area contributed by atoms with Crippen molar-refractivity contribution in [1.82, 2.24) is 9.97 Å². The second-order valence-electron chi connectivity index (χ2n) is 1.18. The van der Waals surface area contributed by atoms with E-state index >= 15 is 0 Å². The van der Waals surface area contributed by atoms with Gasteiger partial charge >= 0.3 is 56.6 Å². The molecule has 9 heteroatoms. The van der Waals surface area contributed by atoms with E-state index in [9.17, 15) is 0 Å². The molecule has 0 atom stereocenters. The monoisotopic (exact) mass is 160 g/mol. The average molecular weight is 160 g/mol. The fourth-order valence-electron chi connectivity index (χ4n) is 0.253. The summed E-state index contributed by atoms with van der Waals surface area (Å²) in [5.74, 6) is 0. The Balaban J connectivity index is -0.0000000536. The van der Waals surface area contributed by atoms with Gasteiger partial charge in [0.1, 0.15) is 0 Å². The molecule has 5 nitrogen and oxygen atoms in total. The van der Waals surface area contributed by atoms with E-state index in [4.69, 9.17) is 15.1 Å². The van der Waals surface area contributed by atoms with E-state index in [0.29, 0.717) is 0 Å². The Kier molecular flexibility index (Phi) is 33.6. The van der Waals surface area contributed by atoms with Crippen LogP contribution in [0.1, 0.15) is 0 Å². The first kappa shape index (κ1) is 23.6. The van der Waals surface area contributed by atoms with Crippen LogP contribution in [-0.4, -0.2) is 17.3 Å². The van der Waals surface area contributed by atoms with Gasteiger partial charge in [-0.15, -0.1) is 0 Å². The van der Waals surface area contributed by atoms with E-state index in [-0.39, 0.29) is 56.6 Å². The van der Waals surface area contributed by atoms with Crippen LogP contribution >= 0.6 is 0 Å². The molecule has 0 spiro atoms. The van der Waals surface area contributed by atoms with Crippen LogP contribution in [0.15, 0.2) is 24.8 Å². The maximum Gasteiger partial charge on any atom is 1.00 e. The Morgan fingerprint density at radius 2 is 0.846 bits per heavy atom. The molecule has 0 aliphatic heterocycles. The first-order valence-corrected chi connectivity index (χ1v) is 2.41. The molecule has 0 bridgehead atoms. The predicted molar refractivity (Wildman–Crippen MR) is 27.8 cm³/mol. The Labute approximate surface area is 113 Å². The van der Waals surface area contributed by atoms with E-state index in [2.05, 4.69) is 9.97 Å². The largest absolute Gasteiger partial charge is 1.00 e. The summed E-state index contributed by atoms with van der Waals surface area (Å²) in [5.41, 5.74) is 0. The van der Waals surface area contributed by atoms with Crippen molar-refractivity contribution < 1.29 is 71.7 Å². The molecule has 0 radical (unpaired) electrons. The Bertz CT molecular complexity index is 129. The van der Waals surface area contributed by atoms with Crippen LogP contribution in [0.25, 0.3) is 0 Å². The second kappa shape index (κ2) is 18.6. The van der Waals surface area contributed by atoms with Crippen molar-refractivity contribution in [2.75, 3.05) is 0 Å². The third-order valence-electron chi connectivity index (χ3n) is 0.478. The molecule has 1 heterocycles. The number of hydrogen-bond acceptors (Lipinski definition) is 5. The molecule has 1 rings (SSSR count). The molecule has 0 saturated heterocycles. The van der Waals surface area contributed by atoms with E-state index in [0.717, 1.165) is 0 Å². The molecule has 0 saturated carbocycles. The van der Waals surface area contributed by atoms with Gasteiger partial charge in [0.15, 0.2) is 0 Å². The minimum atomic E-state index is -2.92. The van der Waals surface area contributed by atoms with Gasteiger partial charge in [0.2, 0.25) is 0 Å². The minimum Gasteiger partial charge on any atom is -0.907 e. The van der Waals surface area contributed by atoms with Crippen LogP contribution in [0, 0.1) is 0 Å². The molecule has 0 fully saturated rings. The molecule has 0 N–H and O–H groups in total. The zero-order chi connectivity index (χ0) is 7.82. The van der Waals surface area contributed by atoms with Gasteiger partial charge in [0, 0.05) is 24.8 Å².